The number of rotatable bonds is 8. The summed E-state index contributed by atoms with van der Waals surface area (Å²) in [6.07, 6.45) is 2.11. The molecule has 0 aliphatic carbocycles. The summed E-state index contributed by atoms with van der Waals surface area (Å²) in [5.41, 5.74) is 7.34. The molecule has 1 rings (SSSR count). The monoisotopic (exact) mass is 296 g/mol. The highest BCUT2D eigenvalue weighted by atomic mass is 32.2. The van der Waals surface area contributed by atoms with Crippen molar-refractivity contribution in [1.82, 2.24) is 0 Å². The summed E-state index contributed by atoms with van der Waals surface area (Å²) in [5.74, 6) is -0.796. The molecule has 0 spiro atoms. The molecule has 0 bridgehead atoms. The van der Waals surface area contributed by atoms with Gasteiger partial charge in [0.1, 0.15) is 6.04 Å². The van der Waals surface area contributed by atoms with Crippen LogP contribution in [0.2, 0.25) is 0 Å². The van der Waals surface area contributed by atoms with E-state index in [1.165, 1.54) is 17.3 Å². The number of nitrogens with two attached hydrogens (primary N) is 1. The van der Waals surface area contributed by atoms with Gasteiger partial charge in [0.25, 0.3) is 0 Å². The Kier molecular flexibility index (Phi) is 7.11. The molecule has 0 radical (unpaired) electrons. The molecular formula is C14H20N2O3S. The van der Waals surface area contributed by atoms with E-state index in [0.29, 0.717) is 0 Å². The predicted octanol–water partition coefficient (Wildman–Crippen LogP) is 1.72. The Morgan fingerprint density at radius 1 is 1.35 bits per heavy atom. The lowest BCUT2D eigenvalue weighted by molar-refractivity contribution is -0.137. The van der Waals surface area contributed by atoms with Crippen LogP contribution in [0.4, 0.5) is 5.69 Å². The van der Waals surface area contributed by atoms with Crippen molar-refractivity contribution in [3.05, 3.63) is 29.8 Å². The van der Waals surface area contributed by atoms with E-state index in [4.69, 9.17) is 10.8 Å². The van der Waals surface area contributed by atoms with E-state index < -0.39 is 12.0 Å². The number of amides is 1. The number of carboxylic acid groups (broad SMARTS) is 1. The maximum absolute atomic E-state index is 11.7. The van der Waals surface area contributed by atoms with Gasteiger partial charge in [0.2, 0.25) is 5.91 Å². The van der Waals surface area contributed by atoms with Crippen LogP contribution in [0.3, 0.4) is 0 Å². The average molecular weight is 296 g/mol. The van der Waals surface area contributed by atoms with Crippen LogP contribution in [0.25, 0.3) is 0 Å². The van der Waals surface area contributed by atoms with Crippen molar-refractivity contribution in [1.29, 1.82) is 0 Å². The fourth-order valence-corrected chi connectivity index (χ4v) is 2.36. The number of hydrogen-bond donors (Lipinski definition) is 3. The van der Waals surface area contributed by atoms with Crippen molar-refractivity contribution >= 4 is 29.3 Å². The molecular weight excluding hydrogens is 276 g/mol. The zero-order chi connectivity index (χ0) is 15.0. The highest BCUT2D eigenvalue weighted by molar-refractivity contribution is 8.00. The highest BCUT2D eigenvalue weighted by Crippen LogP contribution is 2.12. The molecule has 0 aromatic heterocycles. The topological polar surface area (TPSA) is 92.4 Å². The third-order valence-electron chi connectivity index (χ3n) is 2.62. The van der Waals surface area contributed by atoms with Gasteiger partial charge >= 0.3 is 5.97 Å². The quantitative estimate of drug-likeness (QED) is 0.679. The van der Waals surface area contributed by atoms with E-state index in [0.717, 1.165) is 18.5 Å². The van der Waals surface area contributed by atoms with Gasteiger partial charge in [-0.05, 0) is 24.1 Å². The van der Waals surface area contributed by atoms with Crippen molar-refractivity contribution in [2.75, 3.05) is 16.8 Å². The second kappa shape index (κ2) is 8.60. The smallest absolute Gasteiger partial charge is 0.321 e. The Morgan fingerprint density at radius 3 is 2.55 bits per heavy atom. The summed E-state index contributed by atoms with van der Waals surface area (Å²) in [7, 11) is 0. The lowest BCUT2D eigenvalue weighted by Crippen LogP contribution is -2.33. The molecule has 0 aliphatic heterocycles. The Hall–Kier alpha value is -1.53. The number of hydrogen-bond acceptors (Lipinski definition) is 4. The highest BCUT2D eigenvalue weighted by Gasteiger charge is 2.12. The maximum Gasteiger partial charge on any atom is 0.321 e. The summed E-state index contributed by atoms with van der Waals surface area (Å²) < 4.78 is 0. The van der Waals surface area contributed by atoms with E-state index in [-0.39, 0.29) is 17.4 Å². The summed E-state index contributed by atoms with van der Waals surface area (Å²) in [6, 6.07) is 6.80. The lowest BCUT2D eigenvalue weighted by atomic mass is 10.1. The van der Waals surface area contributed by atoms with Crippen LogP contribution in [0.5, 0.6) is 0 Å². The fourth-order valence-electron chi connectivity index (χ4n) is 1.59. The number of anilines is 1. The van der Waals surface area contributed by atoms with Gasteiger partial charge in [-0.2, -0.15) is 0 Å². The van der Waals surface area contributed by atoms with E-state index >= 15 is 0 Å². The number of aliphatic carboxylic acids is 1. The Balaban J connectivity index is 2.33. The van der Waals surface area contributed by atoms with Gasteiger partial charge in [0.15, 0.2) is 0 Å². The normalized spacial score (nSPS) is 11.9. The van der Waals surface area contributed by atoms with Crippen molar-refractivity contribution in [2.45, 2.75) is 25.8 Å². The van der Waals surface area contributed by atoms with E-state index in [9.17, 15) is 9.59 Å². The largest absolute Gasteiger partial charge is 0.480 e. The number of thioether (sulfide) groups is 1. The SMILES string of the molecule is CCCc1ccc(NC(=O)CSC[C@H](N)C(=O)O)cc1. The molecule has 1 aromatic rings. The van der Waals surface area contributed by atoms with Crippen LogP contribution in [0.1, 0.15) is 18.9 Å². The van der Waals surface area contributed by atoms with Gasteiger partial charge in [-0.1, -0.05) is 25.5 Å². The third kappa shape index (κ3) is 6.08. The van der Waals surface area contributed by atoms with Crippen LogP contribution in [0.15, 0.2) is 24.3 Å². The molecule has 0 aliphatic rings. The van der Waals surface area contributed by atoms with Gasteiger partial charge in [0, 0.05) is 11.4 Å². The van der Waals surface area contributed by atoms with Gasteiger partial charge in [0.05, 0.1) is 5.75 Å². The minimum Gasteiger partial charge on any atom is -0.480 e. The van der Waals surface area contributed by atoms with Gasteiger partial charge in [-0.25, -0.2) is 0 Å². The van der Waals surface area contributed by atoms with Crippen LogP contribution < -0.4 is 11.1 Å². The molecule has 0 fully saturated rings. The average Bonchev–Trinajstić information content (AvgIpc) is 2.41. The van der Waals surface area contributed by atoms with Crippen LogP contribution in [0, 0.1) is 0 Å². The molecule has 4 N–H and O–H groups in total. The van der Waals surface area contributed by atoms with Crippen LogP contribution in [-0.4, -0.2) is 34.5 Å². The predicted molar refractivity (Wildman–Crippen MR) is 82.0 cm³/mol. The Labute approximate surface area is 122 Å². The molecule has 110 valence electrons. The third-order valence-corrected chi connectivity index (χ3v) is 3.69. The number of nitrogens with one attached hydrogen (secondary N) is 1. The first kappa shape index (κ1) is 16.5. The second-order valence-corrected chi connectivity index (χ2v) is 5.49. The van der Waals surface area contributed by atoms with Crippen molar-refractivity contribution in [3.8, 4) is 0 Å². The summed E-state index contributed by atoms with van der Waals surface area (Å²) in [5, 5.41) is 11.4. The minimum atomic E-state index is -1.05. The number of carbonyl (C=O) groups is 2. The molecule has 1 amide bonds. The van der Waals surface area contributed by atoms with E-state index in [2.05, 4.69) is 12.2 Å². The molecule has 1 atom stereocenters. The Bertz CT molecular complexity index is 448. The molecule has 0 saturated carbocycles. The molecule has 1 aromatic carbocycles. The molecule has 6 heteroatoms. The summed E-state index contributed by atoms with van der Waals surface area (Å²) in [4.78, 5) is 22.2. The Morgan fingerprint density at radius 2 is 2.00 bits per heavy atom. The maximum atomic E-state index is 11.7. The molecule has 20 heavy (non-hydrogen) atoms. The fraction of sp³-hybridized carbons (Fsp3) is 0.429. The minimum absolute atomic E-state index is 0.157. The summed E-state index contributed by atoms with van der Waals surface area (Å²) >= 11 is 1.21. The van der Waals surface area contributed by atoms with Crippen LogP contribution in [-0.2, 0) is 16.0 Å². The standard InChI is InChI=1S/C14H20N2O3S/c1-2-3-10-4-6-11(7-5-10)16-13(17)9-20-8-12(15)14(18)19/h4-7,12H,2-3,8-9,15H2,1H3,(H,16,17)(H,18,19)/t12-/m0/s1. The zero-order valence-electron chi connectivity index (χ0n) is 11.5. The number of benzene rings is 1. The number of carbonyl (C=O) groups excluding carboxylic acids is 1. The zero-order valence-corrected chi connectivity index (χ0v) is 12.3. The first-order valence-electron chi connectivity index (χ1n) is 6.48. The number of aryl methyl sites for hydroxylation is 1. The van der Waals surface area contributed by atoms with Crippen molar-refractivity contribution in [3.63, 3.8) is 0 Å². The first-order valence-corrected chi connectivity index (χ1v) is 7.63. The van der Waals surface area contributed by atoms with Crippen LogP contribution >= 0.6 is 11.8 Å². The van der Waals surface area contributed by atoms with Gasteiger partial charge < -0.3 is 16.2 Å². The number of carboxylic acids is 1. The molecule has 0 saturated heterocycles. The van der Waals surface area contributed by atoms with Crippen molar-refractivity contribution in [2.24, 2.45) is 5.73 Å². The van der Waals surface area contributed by atoms with Crippen molar-refractivity contribution < 1.29 is 14.7 Å². The van der Waals surface area contributed by atoms with E-state index in [1.54, 1.807) is 0 Å². The van der Waals surface area contributed by atoms with Gasteiger partial charge in [-0.15, -0.1) is 11.8 Å². The molecule has 0 heterocycles. The summed E-state index contributed by atoms with van der Waals surface area (Å²) in [6.45, 7) is 2.12. The molecule has 0 unspecified atom stereocenters. The lowest BCUT2D eigenvalue weighted by Gasteiger charge is -2.08. The second-order valence-electron chi connectivity index (χ2n) is 4.45. The van der Waals surface area contributed by atoms with Gasteiger partial charge in [-0.3, -0.25) is 9.59 Å². The first-order chi connectivity index (χ1) is 9.52. The van der Waals surface area contributed by atoms with E-state index in [1.807, 2.05) is 24.3 Å². The molecule has 5 nitrogen and oxygen atoms in total.